The summed E-state index contributed by atoms with van der Waals surface area (Å²) < 4.78 is 26.9. The van der Waals surface area contributed by atoms with Crippen molar-refractivity contribution >= 4 is 15.8 Å². The monoisotopic (exact) mass is 229 g/mol. The Morgan fingerprint density at radius 3 is 2.33 bits per heavy atom. The zero-order valence-electron chi connectivity index (χ0n) is 9.31. The molecule has 0 aliphatic heterocycles. The minimum atomic E-state index is -3.47. The van der Waals surface area contributed by atoms with Crippen LogP contribution in [0.25, 0.3) is 0 Å². The number of anilines is 1. The SMILES string of the molecule is Cc1ccc(OS(C)(=O)=O)c(N(C)C)c1. The van der Waals surface area contributed by atoms with Gasteiger partial charge in [0, 0.05) is 14.1 Å². The van der Waals surface area contributed by atoms with Crippen molar-refractivity contribution in [3.63, 3.8) is 0 Å². The second-order valence-electron chi connectivity index (χ2n) is 3.65. The largest absolute Gasteiger partial charge is 0.380 e. The van der Waals surface area contributed by atoms with Crippen molar-refractivity contribution < 1.29 is 12.6 Å². The summed E-state index contributed by atoms with van der Waals surface area (Å²) in [5.74, 6) is 0.355. The van der Waals surface area contributed by atoms with Gasteiger partial charge in [-0.05, 0) is 24.6 Å². The molecule has 0 aromatic heterocycles. The lowest BCUT2D eigenvalue weighted by molar-refractivity contribution is 0.493. The zero-order valence-corrected chi connectivity index (χ0v) is 10.1. The molecule has 4 nitrogen and oxygen atoms in total. The Morgan fingerprint density at radius 1 is 1.27 bits per heavy atom. The Morgan fingerprint density at radius 2 is 1.87 bits per heavy atom. The number of aryl methyl sites for hydroxylation is 1. The van der Waals surface area contributed by atoms with Crippen molar-refractivity contribution in [3.05, 3.63) is 23.8 Å². The number of nitrogens with zero attached hydrogens (tertiary/aromatic N) is 1. The summed E-state index contributed by atoms with van der Waals surface area (Å²) in [6, 6.07) is 5.35. The van der Waals surface area contributed by atoms with E-state index < -0.39 is 10.1 Å². The number of rotatable bonds is 3. The fourth-order valence-electron chi connectivity index (χ4n) is 1.21. The maximum atomic E-state index is 11.0. The van der Waals surface area contributed by atoms with E-state index in [0.717, 1.165) is 17.5 Å². The van der Waals surface area contributed by atoms with Crippen LogP contribution in [0.5, 0.6) is 5.75 Å². The Kier molecular flexibility index (Phi) is 3.24. The fourth-order valence-corrected chi connectivity index (χ4v) is 1.68. The quantitative estimate of drug-likeness (QED) is 0.735. The third-order valence-electron chi connectivity index (χ3n) is 1.84. The van der Waals surface area contributed by atoms with Crippen LogP contribution in [0.1, 0.15) is 5.56 Å². The maximum Gasteiger partial charge on any atom is 0.306 e. The fraction of sp³-hybridized carbons (Fsp3) is 0.400. The Labute approximate surface area is 90.6 Å². The van der Waals surface area contributed by atoms with Crippen LogP contribution < -0.4 is 9.08 Å². The predicted octanol–water partition coefficient (Wildman–Crippen LogP) is 1.40. The molecule has 5 heteroatoms. The molecule has 0 heterocycles. The first-order chi connectivity index (χ1) is 6.79. The first kappa shape index (κ1) is 11.8. The molecule has 0 saturated heterocycles. The summed E-state index contributed by atoms with van der Waals surface area (Å²) in [6.07, 6.45) is 1.03. The second-order valence-corrected chi connectivity index (χ2v) is 5.23. The van der Waals surface area contributed by atoms with Gasteiger partial charge in [0.2, 0.25) is 0 Å². The van der Waals surface area contributed by atoms with E-state index in [1.165, 1.54) is 0 Å². The van der Waals surface area contributed by atoms with Crippen LogP contribution in [0.15, 0.2) is 18.2 Å². The highest BCUT2D eigenvalue weighted by atomic mass is 32.2. The van der Waals surface area contributed by atoms with E-state index in [1.54, 1.807) is 6.07 Å². The van der Waals surface area contributed by atoms with Gasteiger partial charge in [-0.2, -0.15) is 8.42 Å². The average Bonchev–Trinajstić information content (AvgIpc) is 2.05. The van der Waals surface area contributed by atoms with Crippen molar-refractivity contribution in [2.75, 3.05) is 25.3 Å². The van der Waals surface area contributed by atoms with Crippen LogP contribution in [0, 0.1) is 6.92 Å². The first-order valence-electron chi connectivity index (χ1n) is 4.47. The zero-order chi connectivity index (χ0) is 11.6. The number of hydrogen-bond acceptors (Lipinski definition) is 4. The molecule has 0 spiro atoms. The summed E-state index contributed by atoms with van der Waals surface area (Å²) in [6.45, 7) is 1.94. The number of hydrogen-bond donors (Lipinski definition) is 0. The Hall–Kier alpha value is -1.23. The highest BCUT2D eigenvalue weighted by molar-refractivity contribution is 7.86. The van der Waals surface area contributed by atoms with E-state index >= 15 is 0 Å². The highest BCUT2D eigenvalue weighted by Gasteiger charge is 2.11. The summed E-state index contributed by atoms with van der Waals surface area (Å²) in [4.78, 5) is 1.81. The normalized spacial score (nSPS) is 11.2. The van der Waals surface area contributed by atoms with Crippen molar-refractivity contribution in [2.45, 2.75) is 6.92 Å². The molecule has 0 unspecified atom stereocenters. The smallest absolute Gasteiger partial charge is 0.306 e. The first-order valence-corrected chi connectivity index (χ1v) is 6.28. The van der Waals surface area contributed by atoms with Gasteiger partial charge in [0.25, 0.3) is 0 Å². The van der Waals surface area contributed by atoms with Crippen LogP contribution in [0.2, 0.25) is 0 Å². The summed E-state index contributed by atoms with van der Waals surface area (Å²) in [5, 5.41) is 0. The molecule has 0 atom stereocenters. The van der Waals surface area contributed by atoms with Gasteiger partial charge in [-0.15, -0.1) is 0 Å². The van der Waals surface area contributed by atoms with Crippen LogP contribution in [-0.4, -0.2) is 28.8 Å². The molecule has 1 aromatic carbocycles. The van der Waals surface area contributed by atoms with Crippen LogP contribution >= 0.6 is 0 Å². The predicted molar refractivity (Wildman–Crippen MR) is 61.0 cm³/mol. The van der Waals surface area contributed by atoms with Gasteiger partial charge in [-0.25, -0.2) is 0 Å². The van der Waals surface area contributed by atoms with E-state index in [-0.39, 0.29) is 0 Å². The van der Waals surface area contributed by atoms with Gasteiger partial charge in [-0.1, -0.05) is 6.07 Å². The third kappa shape index (κ3) is 3.43. The molecular weight excluding hydrogens is 214 g/mol. The van der Waals surface area contributed by atoms with Crippen LogP contribution in [-0.2, 0) is 10.1 Å². The van der Waals surface area contributed by atoms with Gasteiger partial charge >= 0.3 is 10.1 Å². The van der Waals surface area contributed by atoms with E-state index in [1.807, 2.05) is 38.1 Å². The molecule has 0 fully saturated rings. The van der Waals surface area contributed by atoms with E-state index in [2.05, 4.69) is 0 Å². The second kappa shape index (κ2) is 4.10. The van der Waals surface area contributed by atoms with Gasteiger partial charge in [0.05, 0.1) is 11.9 Å². The topological polar surface area (TPSA) is 46.6 Å². The molecule has 1 aromatic rings. The summed E-state index contributed by atoms with van der Waals surface area (Å²) in [7, 11) is 0.202. The van der Waals surface area contributed by atoms with Crippen molar-refractivity contribution in [1.29, 1.82) is 0 Å². The Balaban J connectivity index is 3.18. The third-order valence-corrected chi connectivity index (χ3v) is 2.32. The van der Waals surface area contributed by atoms with Crippen LogP contribution in [0.4, 0.5) is 5.69 Å². The van der Waals surface area contributed by atoms with Crippen molar-refractivity contribution in [1.82, 2.24) is 0 Å². The molecule has 0 amide bonds. The maximum absolute atomic E-state index is 11.0. The lowest BCUT2D eigenvalue weighted by Crippen LogP contribution is -2.13. The molecule has 1 rings (SSSR count). The van der Waals surface area contributed by atoms with Crippen molar-refractivity contribution in [3.8, 4) is 5.75 Å². The molecule has 15 heavy (non-hydrogen) atoms. The molecule has 0 aliphatic rings. The average molecular weight is 229 g/mol. The standard InChI is InChI=1S/C10H15NO3S/c1-8-5-6-10(14-15(4,12)13)9(7-8)11(2)3/h5-7H,1-4H3. The molecule has 84 valence electrons. The van der Waals surface area contributed by atoms with Crippen LogP contribution in [0.3, 0.4) is 0 Å². The van der Waals surface area contributed by atoms with Crippen molar-refractivity contribution in [2.24, 2.45) is 0 Å². The molecule has 0 bridgehead atoms. The lowest BCUT2D eigenvalue weighted by atomic mass is 10.2. The van der Waals surface area contributed by atoms with Gasteiger partial charge in [0.15, 0.2) is 5.75 Å². The molecule has 0 saturated carbocycles. The minimum absolute atomic E-state index is 0.355. The lowest BCUT2D eigenvalue weighted by Gasteiger charge is -2.17. The summed E-state index contributed by atoms with van der Waals surface area (Å²) >= 11 is 0. The van der Waals surface area contributed by atoms with E-state index in [4.69, 9.17) is 4.18 Å². The Bertz CT molecular complexity index is 452. The van der Waals surface area contributed by atoms with Gasteiger partial charge < -0.3 is 9.08 Å². The molecule has 0 radical (unpaired) electrons. The molecular formula is C10H15NO3S. The number of benzene rings is 1. The highest BCUT2D eigenvalue weighted by Crippen LogP contribution is 2.28. The van der Waals surface area contributed by atoms with Gasteiger partial charge in [0.1, 0.15) is 0 Å². The van der Waals surface area contributed by atoms with E-state index in [9.17, 15) is 8.42 Å². The van der Waals surface area contributed by atoms with E-state index in [0.29, 0.717) is 5.75 Å². The molecule has 0 aliphatic carbocycles. The summed E-state index contributed by atoms with van der Waals surface area (Å²) in [5.41, 5.74) is 1.81. The molecule has 0 N–H and O–H groups in total. The minimum Gasteiger partial charge on any atom is -0.380 e. The van der Waals surface area contributed by atoms with Gasteiger partial charge in [-0.3, -0.25) is 0 Å².